The third-order valence-corrected chi connectivity index (χ3v) is 2.76. The quantitative estimate of drug-likeness (QED) is 0.299. The summed E-state index contributed by atoms with van der Waals surface area (Å²) in [5.41, 5.74) is 6.02. The molecule has 0 amide bonds. The molecule has 0 aromatic heterocycles. The lowest BCUT2D eigenvalue weighted by Gasteiger charge is -1.65. The standard InChI is InChI=1S/C6H8P2/c1-3-5-7-8-6-4-2/h7-8H,1-2H3/p+1. The molecule has 0 heterocycles. The van der Waals surface area contributed by atoms with E-state index in [0.717, 1.165) is 8.27 Å². The maximum Gasteiger partial charge on any atom is 0.128 e. The smallest absolute Gasteiger partial charge is 0.0986 e. The Morgan fingerprint density at radius 1 is 1.25 bits per heavy atom. The van der Waals surface area contributed by atoms with Crippen LogP contribution in [0.5, 0.6) is 0 Å². The van der Waals surface area contributed by atoms with E-state index in [2.05, 4.69) is 23.2 Å². The lowest BCUT2D eigenvalue weighted by Crippen LogP contribution is -1.34. The van der Waals surface area contributed by atoms with Crippen molar-refractivity contribution < 1.29 is 0 Å². The summed E-state index contributed by atoms with van der Waals surface area (Å²) in [6, 6.07) is 0. The molecule has 0 saturated heterocycles. The first-order valence-corrected chi connectivity index (χ1v) is 5.71. The van der Waals surface area contributed by atoms with Gasteiger partial charge in [0.1, 0.15) is 8.27 Å². The zero-order chi connectivity index (χ0) is 6.24. The molecule has 2 heteroatoms. The lowest BCUT2D eigenvalue weighted by atomic mass is 10.8. The number of rotatable bonds is 1. The molecule has 0 aromatic carbocycles. The molecule has 0 spiro atoms. The van der Waals surface area contributed by atoms with E-state index in [1.54, 1.807) is 0 Å². The molecule has 0 radical (unpaired) electrons. The molecule has 0 bridgehead atoms. The predicted octanol–water partition coefficient (Wildman–Crippen LogP) is 1.95. The first-order chi connectivity index (χ1) is 3.91. The van der Waals surface area contributed by atoms with Crippen molar-refractivity contribution in [2.75, 3.05) is 0 Å². The van der Waals surface area contributed by atoms with Gasteiger partial charge in [-0.05, 0) is 12.6 Å². The molecule has 0 fully saturated rings. The van der Waals surface area contributed by atoms with Crippen LogP contribution in [0.2, 0.25) is 0 Å². The second kappa shape index (κ2) is 6.98. The SMILES string of the molecule is CC#CP[PH2+]C#CC. The molecule has 2 unspecified atom stereocenters. The topological polar surface area (TPSA) is 0 Å². The van der Waals surface area contributed by atoms with Gasteiger partial charge < -0.3 is 0 Å². The Hall–Kier alpha value is -0.0200. The molecule has 0 rings (SSSR count). The highest BCUT2D eigenvalue weighted by molar-refractivity contribution is 8.16. The van der Waals surface area contributed by atoms with Gasteiger partial charge in [0.25, 0.3) is 0 Å². The largest absolute Gasteiger partial charge is 0.128 e. The summed E-state index contributed by atoms with van der Waals surface area (Å²) in [5.74, 6) is 5.69. The summed E-state index contributed by atoms with van der Waals surface area (Å²) < 4.78 is 0. The summed E-state index contributed by atoms with van der Waals surface area (Å²) >= 11 is 0. The average Bonchev–Trinajstić information content (AvgIpc) is 1.81. The van der Waals surface area contributed by atoms with Crippen molar-refractivity contribution >= 4 is 16.5 Å². The van der Waals surface area contributed by atoms with Crippen LogP contribution in [0.4, 0.5) is 0 Å². The monoisotopic (exact) mass is 143 g/mol. The van der Waals surface area contributed by atoms with Gasteiger partial charge in [-0.15, -0.1) is 0 Å². The van der Waals surface area contributed by atoms with E-state index in [9.17, 15) is 0 Å². The van der Waals surface area contributed by atoms with E-state index in [-0.39, 0.29) is 0 Å². The van der Waals surface area contributed by atoms with E-state index in [1.807, 2.05) is 13.8 Å². The Bertz CT molecular complexity index is 131. The minimum absolute atomic E-state index is 0.313. The molecule has 0 saturated carbocycles. The average molecular weight is 143 g/mol. The lowest BCUT2D eigenvalue weighted by molar-refractivity contribution is 1.93. The van der Waals surface area contributed by atoms with E-state index < -0.39 is 0 Å². The molecule has 42 valence electrons. The van der Waals surface area contributed by atoms with Gasteiger partial charge in [-0.1, -0.05) is 11.8 Å². The Morgan fingerprint density at radius 2 is 2.00 bits per heavy atom. The Labute approximate surface area is 54.3 Å². The van der Waals surface area contributed by atoms with Crippen molar-refractivity contribution in [1.29, 1.82) is 0 Å². The van der Waals surface area contributed by atoms with Crippen LogP contribution in [-0.2, 0) is 0 Å². The summed E-state index contributed by atoms with van der Waals surface area (Å²) in [7, 11) is 1.10. The van der Waals surface area contributed by atoms with Gasteiger partial charge in [-0.3, -0.25) is 0 Å². The molecule has 2 atom stereocenters. The van der Waals surface area contributed by atoms with Gasteiger partial charge in [-0.25, -0.2) is 0 Å². The van der Waals surface area contributed by atoms with Crippen LogP contribution in [0, 0.1) is 23.2 Å². The fourth-order valence-corrected chi connectivity index (χ4v) is 1.95. The number of hydrogen-bond donors (Lipinski definition) is 0. The van der Waals surface area contributed by atoms with Crippen LogP contribution in [0.3, 0.4) is 0 Å². The van der Waals surface area contributed by atoms with Crippen LogP contribution < -0.4 is 0 Å². The molecular weight excluding hydrogens is 134 g/mol. The second-order valence-corrected chi connectivity index (χ2v) is 3.91. The van der Waals surface area contributed by atoms with E-state index >= 15 is 0 Å². The highest BCUT2D eigenvalue weighted by atomic mass is 32.0. The van der Waals surface area contributed by atoms with Crippen LogP contribution in [0.25, 0.3) is 0 Å². The third kappa shape index (κ3) is 5.98. The highest BCUT2D eigenvalue weighted by Gasteiger charge is 1.78. The zero-order valence-electron chi connectivity index (χ0n) is 5.08. The van der Waals surface area contributed by atoms with Gasteiger partial charge in [0, 0.05) is 6.92 Å². The third-order valence-electron chi connectivity index (χ3n) is 0.486. The maximum absolute atomic E-state index is 3.03. The highest BCUT2D eigenvalue weighted by Crippen LogP contribution is 2.33. The zero-order valence-corrected chi connectivity index (χ0v) is 7.23. The fourth-order valence-electron chi connectivity index (χ4n) is 0.217. The van der Waals surface area contributed by atoms with Crippen molar-refractivity contribution in [2.45, 2.75) is 13.8 Å². The van der Waals surface area contributed by atoms with Crippen molar-refractivity contribution in [2.24, 2.45) is 0 Å². The molecule has 0 nitrogen and oxygen atoms in total. The van der Waals surface area contributed by atoms with Gasteiger partial charge in [-0.2, -0.15) is 0 Å². The van der Waals surface area contributed by atoms with Crippen LogP contribution in [0.15, 0.2) is 0 Å². The molecule has 8 heavy (non-hydrogen) atoms. The Morgan fingerprint density at radius 3 is 2.50 bits per heavy atom. The molecular formula is C6H9P2+. The summed E-state index contributed by atoms with van der Waals surface area (Å²) in [6.07, 6.45) is 0. The maximum atomic E-state index is 3.03. The molecule has 0 N–H and O–H groups in total. The van der Waals surface area contributed by atoms with Crippen LogP contribution >= 0.6 is 16.5 Å². The summed E-state index contributed by atoms with van der Waals surface area (Å²) in [4.78, 5) is 0. The predicted molar refractivity (Wildman–Crippen MR) is 44.9 cm³/mol. The molecule has 0 aromatic rings. The number of hydrogen-bond acceptors (Lipinski definition) is 0. The Kier molecular flexibility index (Phi) is 6.96. The minimum atomic E-state index is 0.313. The van der Waals surface area contributed by atoms with Crippen molar-refractivity contribution in [3.8, 4) is 23.2 Å². The van der Waals surface area contributed by atoms with Crippen LogP contribution in [-0.4, -0.2) is 0 Å². The Balaban J connectivity index is 3.10. The van der Waals surface area contributed by atoms with Gasteiger partial charge in [0.15, 0.2) is 0 Å². The first-order valence-electron chi connectivity index (χ1n) is 2.33. The van der Waals surface area contributed by atoms with Gasteiger partial charge >= 0.3 is 0 Å². The second-order valence-electron chi connectivity index (χ2n) is 1.06. The first kappa shape index (κ1) is 7.98. The molecule has 0 aliphatic rings. The van der Waals surface area contributed by atoms with Gasteiger partial charge in [0.05, 0.1) is 13.9 Å². The van der Waals surface area contributed by atoms with E-state index in [0.29, 0.717) is 8.27 Å². The van der Waals surface area contributed by atoms with E-state index in [1.165, 1.54) is 0 Å². The fraction of sp³-hybridized carbons (Fsp3) is 0.333. The van der Waals surface area contributed by atoms with Crippen molar-refractivity contribution in [1.82, 2.24) is 0 Å². The molecule has 0 aliphatic carbocycles. The summed E-state index contributed by atoms with van der Waals surface area (Å²) in [5, 5.41) is 0. The normalized spacial score (nSPS) is 8.75. The van der Waals surface area contributed by atoms with Crippen LogP contribution in [0.1, 0.15) is 13.8 Å². The van der Waals surface area contributed by atoms with Crippen molar-refractivity contribution in [3.05, 3.63) is 0 Å². The summed E-state index contributed by atoms with van der Waals surface area (Å²) in [6.45, 7) is 3.74. The van der Waals surface area contributed by atoms with E-state index in [4.69, 9.17) is 0 Å². The van der Waals surface area contributed by atoms with Crippen molar-refractivity contribution in [3.63, 3.8) is 0 Å². The molecule has 0 aliphatic heterocycles. The minimum Gasteiger partial charge on any atom is -0.0986 e. The van der Waals surface area contributed by atoms with Gasteiger partial charge in [0.2, 0.25) is 0 Å².